The van der Waals surface area contributed by atoms with Crippen molar-refractivity contribution in [3.8, 4) is 0 Å². The predicted molar refractivity (Wildman–Crippen MR) is 97.0 cm³/mol. The first-order chi connectivity index (χ1) is 11.9. The van der Waals surface area contributed by atoms with Gasteiger partial charge in [0.15, 0.2) is 0 Å². The predicted octanol–water partition coefficient (Wildman–Crippen LogP) is 2.85. The highest BCUT2D eigenvalue weighted by Gasteiger charge is 2.17. The van der Waals surface area contributed by atoms with Gasteiger partial charge in [0.05, 0.1) is 12.5 Å². The Balaban J connectivity index is 2.01. The molecule has 0 saturated carbocycles. The van der Waals surface area contributed by atoms with E-state index in [1.54, 1.807) is 24.3 Å². The van der Waals surface area contributed by atoms with Crippen LogP contribution in [0.1, 0.15) is 31.9 Å². The standard InChI is InChI=1S/C19H21N3O3/c1-13(23)20-16-8-10-17(11-9-16)22-19(25)12-18(21-14(2)24)15-6-4-3-5-7-15/h3-11,18H,12H2,1-2H3,(H,20,23)(H,21,24)(H,22,25)/t18-/m0/s1. The van der Waals surface area contributed by atoms with Crippen molar-refractivity contribution in [2.75, 3.05) is 10.6 Å². The number of amides is 3. The monoisotopic (exact) mass is 339 g/mol. The van der Waals surface area contributed by atoms with Crippen LogP contribution in [0.3, 0.4) is 0 Å². The summed E-state index contributed by atoms with van der Waals surface area (Å²) in [6.07, 6.45) is 0.122. The number of rotatable bonds is 6. The van der Waals surface area contributed by atoms with Crippen LogP contribution in [0.25, 0.3) is 0 Å². The number of nitrogens with one attached hydrogen (secondary N) is 3. The Morgan fingerprint density at radius 3 is 1.88 bits per heavy atom. The third-order valence-electron chi connectivity index (χ3n) is 3.46. The van der Waals surface area contributed by atoms with Gasteiger partial charge in [0.25, 0.3) is 0 Å². The minimum Gasteiger partial charge on any atom is -0.349 e. The maximum absolute atomic E-state index is 12.3. The molecule has 25 heavy (non-hydrogen) atoms. The van der Waals surface area contributed by atoms with E-state index < -0.39 is 6.04 Å². The van der Waals surface area contributed by atoms with E-state index in [0.29, 0.717) is 11.4 Å². The highest BCUT2D eigenvalue weighted by atomic mass is 16.2. The van der Waals surface area contributed by atoms with Crippen LogP contribution in [-0.2, 0) is 14.4 Å². The molecule has 0 heterocycles. The summed E-state index contributed by atoms with van der Waals surface area (Å²) in [4.78, 5) is 34.7. The Kier molecular flexibility index (Phi) is 6.28. The summed E-state index contributed by atoms with van der Waals surface area (Å²) >= 11 is 0. The van der Waals surface area contributed by atoms with E-state index in [4.69, 9.17) is 0 Å². The van der Waals surface area contributed by atoms with Crippen molar-refractivity contribution in [1.82, 2.24) is 5.32 Å². The van der Waals surface area contributed by atoms with Crippen molar-refractivity contribution >= 4 is 29.1 Å². The molecule has 6 nitrogen and oxygen atoms in total. The van der Waals surface area contributed by atoms with Crippen LogP contribution in [0, 0.1) is 0 Å². The van der Waals surface area contributed by atoms with E-state index in [9.17, 15) is 14.4 Å². The van der Waals surface area contributed by atoms with E-state index >= 15 is 0 Å². The lowest BCUT2D eigenvalue weighted by atomic mass is 10.0. The van der Waals surface area contributed by atoms with Gasteiger partial charge in [-0.25, -0.2) is 0 Å². The lowest BCUT2D eigenvalue weighted by molar-refractivity contribution is -0.120. The van der Waals surface area contributed by atoms with E-state index in [2.05, 4.69) is 16.0 Å². The quantitative estimate of drug-likeness (QED) is 0.756. The van der Waals surface area contributed by atoms with E-state index in [0.717, 1.165) is 5.56 Å². The van der Waals surface area contributed by atoms with Crippen LogP contribution in [0.4, 0.5) is 11.4 Å². The van der Waals surface area contributed by atoms with Gasteiger partial charge in [-0.1, -0.05) is 30.3 Å². The zero-order valence-electron chi connectivity index (χ0n) is 14.2. The van der Waals surface area contributed by atoms with Crippen LogP contribution in [-0.4, -0.2) is 17.7 Å². The van der Waals surface area contributed by atoms with E-state index in [1.165, 1.54) is 13.8 Å². The van der Waals surface area contributed by atoms with Crippen LogP contribution >= 0.6 is 0 Å². The van der Waals surface area contributed by atoms with Gasteiger partial charge in [-0.2, -0.15) is 0 Å². The molecule has 3 N–H and O–H groups in total. The third-order valence-corrected chi connectivity index (χ3v) is 3.46. The molecular weight excluding hydrogens is 318 g/mol. The van der Waals surface area contributed by atoms with Crippen LogP contribution in [0.2, 0.25) is 0 Å². The van der Waals surface area contributed by atoms with Crippen molar-refractivity contribution in [2.24, 2.45) is 0 Å². The van der Waals surface area contributed by atoms with Gasteiger partial charge >= 0.3 is 0 Å². The van der Waals surface area contributed by atoms with Gasteiger partial charge in [-0.3, -0.25) is 14.4 Å². The second-order valence-electron chi connectivity index (χ2n) is 5.67. The number of carbonyl (C=O) groups excluding carboxylic acids is 3. The smallest absolute Gasteiger partial charge is 0.226 e. The zero-order valence-corrected chi connectivity index (χ0v) is 14.2. The van der Waals surface area contributed by atoms with Gasteiger partial charge in [0.2, 0.25) is 17.7 Å². The van der Waals surface area contributed by atoms with Crippen molar-refractivity contribution in [3.63, 3.8) is 0 Å². The highest BCUT2D eigenvalue weighted by molar-refractivity contribution is 5.92. The average Bonchev–Trinajstić information content (AvgIpc) is 2.56. The topological polar surface area (TPSA) is 87.3 Å². The lowest BCUT2D eigenvalue weighted by Gasteiger charge is -2.18. The molecule has 0 aliphatic carbocycles. The molecule has 0 saturated heterocycles. The summed E-state index contributed by atoms with van der Waals surface area (Å²) in [7, 11) is 0. The number of benzene rings is 2. The SMILES string of the molecule is CC(=O)Nc1ccc(NC(=O)C[C@H](NC(C)=O)c2ccccc2)cc1. The Morgan fingerprint density at radius 1 is 0.800 bits per heavy atom. The first-order valence-electron chi connectivity index (χ1n) is 7.93. The summed E-state index contributed by atoms with van der Waals surface area (Å²) in [5, 5.41) is 8.25. The summed E-state index contributed by atoms with van der Waals surface area (Å²) < 4.78 is 0. The average molecular weight is 339 g/mol. The molecule has 2 rings (SSSR count). The molecule has 0 bridgehead atoms. The lowest BCUT2D eigenvalue weighted by Crippen LogP contribution is -2.29. The number of hydrogen-bond donors (Lipinski definition) is 3. The largest absolute Gasteiger partial charge is 0.349 e. The Hall–Kier alpha value is -3.15. The first kappa shape index (κ1) is 18.2. The molecule has 0 aliphatic heterocycles. The minimum absolute atomic E-state index is 0.122. The van der Waals surface area contributed by atoms with Crippen molar-refractivity contribution in [2.45, 2.75) is 26.3 Å². The van der Waals surface area contributed by atoms with Gasteiger partial charge in [0, 0.05) is 25.2 Å². The molecule has 2 aromatic carbocycles. The molecule has 0 aromatic heterocycles. The maximum atomic E-state index is 12.3. The van der Waals surface area contributed by atoms with Gasteiger partial charge in [-0.05, 0) is 29.8 Å². The van der Waals surface area contributed by atoms with Gasteiger partial charge < -0.3 is 16.0 Å². The second-order valence-corrected chi connectivity index (χ2v) is 5.67. The Bertz CT molecular complexity index is 742. The fraction of sp³-hybridized carbons (Fsp3) is 0.211. The molecule has 1 atom stereocenters. The Morgan fingerprint density at radius 2 is 1.36 bits per heavy atom. The van der Waals surface area contributed by atoms with Crippen molar-refractivity contribution in [3.05, 3.63) is 60.2 Å². The molecule has 130 valence electrons. The maximum Gasteiger partial charge on any atom is 0.226 e. The first-order valence-corrected chi connectivity index (χ1v) is 7.93. The van der Waals surface area contributed by atoms with E-state index in [1.807, 2.05) is 30.3 Å². The fourth-order valence-electron chi connectivity index (χ4n) is 2.42. The minimum atomic E-state index is -0.391. The fourth-order valence-corrected chi connectivity index (χ4v) is 2.42. The molecular formula is C19H21N3O3. The molecule has 3 amide bonds. The van der Waals surface area contributed by atoms with Crippen molar-refractivity contribution < 1.29 is 14.4 Å². The zero-order chi connectivity index (χ0) is 18.2. The molecule has 2 aromatic rings. The van der Waals surface area contributed by atoms with Crippen LogP contribution in [0.15, 0.2) is 54.6 Å². The normalized spacial score (nSPS) is 11.3. The summed E-state index contributed by atoms with van der Waals surface area (Å²) in [5.74, 6) is -0.561. The number of carbonyl (C=O) groups is 3. The summed E-state index contributed by atoms with van der Waals surface area (Å²) in [5.41, 5.74) is 2.15. The molecule has 0 spiro atoms. The van der Waals surface area contributed by atoms with Gasteiger partial charge in [0.1, 0.15) is 0 Å². The molecule has 6 heteroatoms. The molecule has 0 unspecified atom stereocenters. The van der Waals surface area contributed by atoms with Crippen molar-refractivity contribution in [1.29, 1.82) is 0 Å². The summed E-state index contributed by atoms with van der Waals surface area (Å²) in [6.45, 7) is 2.86. The van der Waals surface area contributed by atoms with E-state index in [-0.39, 0.29) is 24.1 Å². The summed E-state index contributed by atoms with van der Waals surface area (Å²) in [6, 6.07) is 15.8. The van der Waals surface area contributed by atoms with Gasteiger partial charge in [-0.15, -0.1) is 0 Å². The molecule has 0 fully saturated rings. The van der Waals surface area contributed by atoms with Crippen LogP contribution in [0.5, 0.6) is 0 Å². The Labute approximate surface area is 146 Å². The number of anilines is 2. The second kappa shape index (κ2) is 8.63. The number of hydrogen-bond acceptors (Lipinski definition) is 3. The molecule has 0 radical (unpaired) electrons. The third kappa shape index (κ3) is 6.10. The highest BCUT2D eigenvalue weighted by Crippen LogP contribution is 2.19. The van der Waals surface area contributed by atoms with Crippen LogP contribution < -0.4 is 16.0 Å². The molecule has 0 aliphatic rings.